The maximum Gasteiger partial charge on any atom is 0.136 e. The summed E-state index contributed by atoms with van der Waals surface area (Å²) in [5.74, 6) is 0.818. The van der Waals surface area contributed by atoms with Crippen LogP contribution in [0.25, 0.3) is 67.1 Å². The fraction of sp³-hybridized carbons (Fsp3) is 0.0465. The van der Waals surface area contributed by atoms with E-state index in [2.05, 4.69) is 101 Å². The largest absolute Gasteiger partial charge is 0.456 e. The SMILES string of the molecule is Cc1cncc(-c2cc3cc(-c4cc[c-]c(-c5cc(C)ccn5)c4)c(-c4ccccc4)cc3o2)c1.[Ir].[c-]1ccccc1-c1ccccn1. The van der Waals surface area contributed by atoms with Crippen LogP contribution in [0.3, 0.4) is 0 Å². The van der Waals surface area contributed by atoms with Crippen molar-refractivity contribution in [1.29, 1.82) is 0 Å². The van der Waals surface area contributed by atoms with E-state index in [-0.39, 0.29) is 20.1 Å². The van der Waals surface area contributed by atoms with E-state index in [1.165, 1.54) is 5.56 Å². The molecule has 0 amide bonds. The number of aryl methyl sites for hydroxylation is 2. The number of benzene rings is 4. The van der Waals surface area contributed by atoms with Crippen LogP contribution in [0.2, 0.25) is 0 Å². The fourth-order valence-corrected chi connectivity index (χ4v) is 5.55. The normalized spacial score (nSPS) is 10.5. The molecule has 0 aliphatic carbocycles. The summed E-state index contributed by atoms with van der Waals surface area (Å²) in [4.78, 5) is 13.1. The molecule has 48 heavy (non-hydrogen) atoms. The van der Waals surface area contributed by atoms with Gasteiger partial charge in [0.05, 0.1) is 0 Å². The molecule has 4 heterocycles. The zero-order valence-electron chi connectivity index (χ0n) is 26.5. The summed E-state index contributed by atoms with van der Waals surface area (Å²) in [6.07, 6.45) is 7.33. The molecule has 0 N–H and O–H groups in total. The number of fused-ring (bicyclic) bond motifs is 1. The second-order valence-corrected chi connectivity index (χ2v) is 11.4. The zero-order valence-corrected chi connectivity index (χ0v) is 28.9. The Kier molecular flexibility index (Phi) is 10.1. The van der Waals surface area contributed by atoms with Crippen LogP contribution in [0.5, 0.6) is 0 Å². The number of hydrogen-bond donors (Lipinski definition) is 0. The van der Waals surface area contributed by atoms with Gasteiger partial charge in [-0.3, -0.25) is 4.98 Å². The van der Waals surface area contributed by atoms with Crippen molar-refractivity contribution in [1.82, 2.24) is 15.0 Å². The van der Waals surface area contributed by atoms with Crippen molar-refractivity contribution in [2.75, 3.05) is 0 Å². The second-order valence-electron chi connectivity index (χ2n) is 11.4. The Morgan fingerprint density at radius 3 is 2.10 bits per heavy atom. The van der Waals surface area contributed by atoms with Gasteiger partial charge in [-0.2, -0.15) is 0 Å². The molecule has 0 bridgehead atoms. The molecule has 4 aromatic carbocycles. The summed E-state index contributed by atoms with van der Waals surface area (Å²) in [5.41, 5.74) is 12.5. The quantitative estimate of drug-likeness (QED) is 0.163. The van der Waals surface area contributed by atoms with Crippen LogP contribution in [-0.2, 0) is 20.1 Å². The Morgan fingerprint density at radius 2 is 1.33 bits per heavy atom. The molecule has 0 aliphatic heterocycles. The smallest absolute Gasteiger partial charge is 0.136 e. The fourth-order valence-electron chi connectivity index (χ4n) is 5.55. The summed E-state index contributed by atoms with van der Waals surface area (Å²) < 4.78 is 6.31. The Hall–Kier alpha value is -5.48. The van der Waals surface area contributed by atoms with Crippen molar-refractivity contribution in [3.05, 3.63) is 175 Å². The summed E-state index contributed by atoms with van der Waals surface area (Å²) >= 11 is 0. The van der Waals surface area contributed by atoms with Crippen molar-refractivity contribution < 1.29 is 24.5 Å². The maximum atomic E-state index is 6.31. The van der Waals surface area contributed by atoms with Gasteiger partial charge in [0.2, 0.25) is 0 Å². The third kappa shape index (κ3) is 7.39. The first-order valence-electron chi connectivity index (χ1n) is 15.5. The molecule has 0 saturated carbocycles. The Bertz CT molecular complexity index is 2230. The van der Waals surface area contributed by atoms with Crippen molar-refractivity contribution in [3.63, 3.8) is 0 Å². The molecular weight excluding hydrogens is 767 g/mol. The average molecular weight is 798 g/mol. The second kappa shape index (κ2) is 15.0. The van der Waals surface area contributed by atoms with Crippen LogP contribution >= 0.6 is 0 Å². The monoisotopic (exact) mass is 798 g/mol. The zero-order chi connectivity index (χ0) is 32.0. The predicted octanol–water partition coefficient (Wildman–Crippen LogP) is 10.9. The number of rotatable bonds is 5. The Morgan fingerprint density at radius 1 is 0.542 bits per heavy atom. The Labute approximate surface area is 294 Å². The van der Waals surface area contributed by atoms with Crippen LogP contribution < -0.4 is 0 Å². The number of aromatic nitrogens is 3. The van der Waals surface area contributed by atoms with Crippen molar-refractivity contribution in [2.24, 2.45) is 0 Å². The summed E-state index contributed by atoms with van der Waals surface area (Å²) in [6, 6.07) is 49.5. The molecular formula is C43H31IrN3O-2. The van der Waals surface area contributed by atoms with E-state index in [0.717, 1.165) is 72.6 Å². The third-order valence-electron chi connectivity index (χ3n) is 7.85. The van der Waals surface area contributed by atoms with E-state index >= 15 is 0 Å². The minimum atomic E-state index is 0. The van der Waals surface area contributed by atoms with Crippen LogP contribution in [0.4, 0.5) is 0 Å². The number of nitrogens with zero attached hydrogens (tertiary/aromatic N) is 3. The van der Waals surface area contributed by atoms with Crippen molar-refractivity contribution in [2.45, 2.75) is 13.8 Å². The standard InChI is InChI=1S/C32H23N2O.C11H8N.Ir/c1-21-11-12-34-30(14-21)25-10-6-9-24(15-25)28-16-26-17-31(27-13-22(2)19-33-20-27)35-32(26)18-29(28)23-7-4-3-5-8-23;1-2-6-10(7-3-1)11-8-4-5-9-12-11;/h3-9,11-20H,1-2H3;1-6,8-9H;/q2*-1;. The van der Waals surface area contributed by atoms with E-state index < -0.39 is 0 Å². The van der Waals surface area contributed by atoms with E-state index in [1.54, 1.807) is 6.20 Å². The van der Waals surface area contributed by atoms with Crippen LogP contribution in [0, 0.1) is 26.0 Å². The van der Waals surface area contributed by atoms with Gasteiger partial charge in [-0.1, -0.05) is 54.1 Å². The topological polar surface area (TPSA) is 51.8 Å². The summed E-state index contributed by atoms with van der Waals surface area (Å²) in [7, 11) is 0. The molecule has 0 fully saturated rings. The maximum absolute atomic E-state index is 6.31. The molecule has 8 aromatic rings. The molecule has 0 aliphatic rings. The summed E-state index contributed by atoms with van der Waals surface area (Å²) in [6.45, 7) is 4.12. The summed E-state index contributed by atoms with van der Waals surface area (Å²) in [5, 5.41) is 1.05. The van der Waals surface area contributed by atoms with Gasteiger partial charge in [0.15, 0.2) is 0 Å². The number of pyridine rings is 3. The van der Waals surface area contributed by atoms with Gasteiger partial charge in [0.1, 0.15) is 11.3 Å². The van der Waals surface area contributed by atoms with Crippen LogP contribution in [0.15, 0.2) is 157 Å². The van der Waals surface area contributed by atoms with Gasteiger partial charge in [-0.25, -0.2) is 0 Å². The van der Waals surface area contributed by atoms with Gasteiger partial charge in [0.25, 0.3) is 0 Å². The minimum absolute atomic E-state index is 0. The molecule has 1 radical (unpaired) electrons. The molecule has 235 valence electrons. The van der Waals surface area contributed by atoms with E-state index in [1.807, 2.05) is 86.2 Å². The van der Waals surface area contributed by atoms with Crippen molar-refractivity contribution in [3.8, 4) is 56.1 Å². The molecule has 0 spiro atoms. The minimum Gasteiger partial charge on any atom is -0.456 e. The first kappa shape index (κ1) is 32.5. The first-order valence-corrected chi connectivity index (χ1v) is 15.5. The van der Waals surface area contributed by atoms with Crippen molar-refractivity contribution >= 4 is 11.0 Å². The number of hydrogen-bond acceptors (Lipinski definition) is 4. The third-order valence-corrected chi connectivity index (χ3v) is 7.85. The number of furan rings is 1. The molecule has 0 atom stereocenters. The van der Waals surface area contributed by atoms with Gasteiger partial charge in [0, 0.05) is 55.8 Å². The van der Waals surface area contributed by atoms with Crippen LogP contribution in [-0.4, -0.2) is 15.0 Å². The molecule has 4 nitrogen and oxygen atoms in total. The van der Waals surface area contributed by atoms with Gasteiger partial charge >= 0.3 is 0 Å². The van der Waals surface area contributed by atoms with E-state index in [9.17, 15) is 0 Å². The van der Waals surface area contributed by atoms with Gasteiger partial charge < -0.3 is 14.4 Å². The molecule has 8 rings (SSSR count). The molecule has 4 aromatic heterocycles. The van der Waals surface area contributed by atoms with E-state index in [0.29, 0.717) is 0 Å². The predicted molar refractivity (Wildman–Crippen MR) is 190 cm³/mol. The average Bonchev–Trinajstić information content (AvgIpc) is 3.56. The Balaban J connectivity index is 0.000000260. The molecule has 5 heteroatoms. The first-order chi connectivity index (χ1) is 23.1. The van der Waals surface area contributed by atoms with Crippen LogP contribution in [0.1, 0.15) is 11.1 Å². The molecule has 0 unspecified atom stereocenters. The van der Waals surface area contributed by atoms with E-state index in [4.69, 9.17) is 4.42 Å². The molecule has 0 saturated heterocycles. The van der Waals surface area contributed by atoms with Gasteiger partial charge in [-0.15, -0.1) is 71.3 Å². The van der Waals surface area contributed by atoms with Gasteiger partial charge in [-0.05, 0) is 83.9 Å².